The highest BCUT2D eigenvalue weighted by molar-refractivity contribution is 7.22. The van der Waals surface area contributed by atoms with E-state index in [-0.39, 0.29) is 0 Å². The van der Waals surface area contributed by atoms with Gasteiger partial charge >= 0.3 is 0 Å². The Kier molecular flexibility index (Phi) is 10.8. The Labute approximate surface area is 441 Å². The van der Waals surface area contributed by atoms with Gasteiger partial charge in [-0.05, 0) is 147 Å². The molecule has 12 aromatic rings. The number of rotatable bonds is 10. The first-order chi connectivity index (χ1) is 37.2. The fraction of sp³-hybridized carbons (Fsp3) is 0.0137. The summed E-state index contributed by atoms with van der Waals surface area (Å²) >= 11 is 0. The van der Waals surface area contributed by atoms with E-state index in [1.807, 2.05) is 0 Å². The molecule has 1 nitrogen and oxygen atoms in total. The molecule has 2 aliphatic rings. The van der Waals surface area contributed by atoms with E-state index in [1.54, 1.807) is 0 Å². The summed E-state index contributed by atoms with van der Waals surface area (Å²) < 4.78 is 0. The molecule has 2 heteroatoms. The van der Waals surface area contributed by atoms with Gasteiger partial charge in [0.25, 0.3) is 0 Å². The fourth-order valence-electron chi connectivity index (χ4n) is 12.7. The lowest BCUT2D eigenvalue weighted by Gasteiger charge is -2.33. The zero-order chi connectivity index (χ0) is 49.8. The molecule has 0 aromatic heterocycles. The van der Waals surface area contributed by atoms with Crippen molar-refractivity contribution in [2.45, 2.75) is 5.41 Å². The normalized spacial score (nSPS) is 13.3. The maximum Gasteiger partial charge on any atom is 0.180 e. The van der Waals surface area contributed by atoms with E-state index in [0.29, 0.717) is 0 Å². The van der Waals surface area contributed by atoms with Crippen LogP contribution in [0.3, 0.4) is 0 Å². The van der Waals surface area contributed by atoms with Crippen LogP contribution >= 0.6 is 0 Å². The summed E-state index contributed by atoms with van der Waals surface area (Å²) in [6.07, 6.45) is 0. The number of anilines is 3. The molecule has 0 N–H and O–H groups in total. The molecule has 12 aromatic carbocycles. The SMILES string of the molecule is c1ccc(-c2ccc(N(c3ccc(-c4ccc5c(c4)-c4ccccc4C5(c4ccccc4)c4ccccc4)cc3)c3ccc(-c4ccc5c(c4)-c4ccccc4[Si]5(c4ccccc4)c4ccccc4)cc3)cc2)cc1. The molecule has 0 saturated carbocycles. The van der Waals surface area contributed by atoms with Gasteiger partial charge in [-0.25, -0.2) is 0 Å². The van der Waals surface area contributed by atoms with Crippen LogP contribution in [0.15, 0.2) is 309 Å². The third kappa shape index (κ3) is 7.13. The highest BCUT2D eigenvalue weighted by Crippen LogP contribution is 2.56. The van der Waals surface area contributed by atoms with Crippen molar-refractivity contribution in [1.82, 2.24) is 0 Å². The zero-order valence-electron chi connectivity index (χ0n) is 41.4. The van der Waals surface area contributed by atoms with E-state index in [2.05, 4.69) is 314 Å². The van der Waals surface area contributed by atoms with Crippen LogP contribution in [0.2, 0.25) is 0 Å². The van der Waals surface area contributed by atoms with Crippen molar-refractivity contribution in [3.63, 3.8) is 0 Å². The van der Waals surface area contributed by atoms with Crippen molar-refractivity contribution >= 4 is 45.9 Å². The lowest BCUT2D eigenvalue weighted by Crippen LogP contribution is -2.72. The van der Waals surface area contributed by atoms with Gasteiger partial charge in [-0.3, -0.25) is 0 Å². The van der Waals surface area contributed by atoms with E-state index >= 15 is 0 Å². The minimum Gasteiger partial charge on any atom is -0.311 e. The molecular weight excluding hydrogens is 919 g/mol. The van der Waals surface area contributed by atoms with E-state index in [4.69, 9.17) is 0 Å². The molecule has 352 valence electrons. The topological polar surface area (TPSA) is 3.24 Å². The third-order valence-electron chi connectivity index (χ3n) is 16.1. The molecule has 0 saturated heterocycles. The first-order valence-electron chi connectivity index (χ1n) is 26.1. The molecule has 1 aliphatic heterocycles. The van der Waals surface area contributed by atoms with Crippen LogP contribution in [0, 0.1) is 0 Å². The van der Waals surface area contributed by atoms with Crippen LogP contribution in [0.1, 0.15) is 22.3 Å². The standard InChI is InChI=1S/C73H51NSi/c1-6-20-52(21-7-1)53-34-42-60(43-35-53)74(61-44-36-54(37-45-61)56-40-48-70-67(50-56)65-30-16-18-32-69(65)73(70,58-22-8-2-9-23-58)59-24-10-3-11-25-59)62-46-38-55(39-47-62)57-41-49-72-68(51-57)66-31-17-19-33-71(66)75(72,63-26-12-4-13-27-63)64-28-14-5-15-29-64/h1-51H. The number of hydrogen-bond donors (Lipinski definition) is 0. The first-order valence-corrected chi connectivity index (χ1v) is 28.1. The summed E-state index contributed by atoms with van der Waals surface area (Å²) in [5.74, 6) is 0. The van der Waals surface area contributed by atoms with Crippen LogP contribution in [0.25, 0.3) is 55.6 Å². The Balaban J connectivity index is 0.842. The first kappa shape index (κ1) is 44.4. The quantitative estimate of drug-likeness (QED) is 0.123. The Hall–Kier alpha value is -9.34. The van der Waals surface area contributed by atoms with Crippen LogP contribution in [0.4, 0.5) is 17.1 Å². The van der Waals surface area contributed by atoms with Crippen molar-refractivity contribution in [1.29, 1.82) is 0 Å². The highest BCUT2D eigenvalue weighted by atomic mass is 28.3. The largest absolute Gasteiger partial charge is 0.311 e. The van der Waals surface area contributed by atoms with Gasteiger partial charge in [0.2, 0.25) is 0 Å². The second kappa shape index (κ2) is 18.3. The molecule has 0 amide bonds. The van der Waals surface area contributed by atoms with Crippen LogP contribution in [-0.4, -0.2) is 8.07 Å². The van der Waals surface area contributed by atoms with E-state index in [0.717, 1.165) is 17.1 Å². The monoisotopic (exact) mass is 969 g/mol. The second-order valence-electron chi connectivity index (χ2n) is 19.9. The van der Waals surface area contributed by atoms with Gasteiger partial charge in [0, 0.05) is 17.1 Å². The van der Waals surface area contributed by atoms with Gasteiger partial charge in [0.05, 0.1) is 5.41 Å². The predicted molar refractivity (Wildman–Crippen MR) is 317 cm³/mol. The average molecular weight is 970 g/mol. The van der Waals surface area contributed by atoms with E-state index in [1.165, 1.54) is 98.6 Å². The Bertz CT molecular complexity index is 3700. The van der Waals surface area contributed by atoms with Gasteiger partial charge in [0.1, 0.15) is 0 Å². The summed E-state index contributed by atoms with van der Waals surface area (Å²) in [5, 5.41) is 5.74. The fourth-order valence-corrected chi connectivity index (χ4v) is 17.9. The Morgan fingerprint density at radius 1 is 0.240 bits per heavy atom. The molecule has 1 heterocycles. The molecule has 75 heavy (non-hydrogen) atoms. The minimum absolute atomic E-state index is 0.424. The van der Waals surface area contributed by atoms with Crippen molar-refractivity contribution < 1.29 is 0 Å². The average Bonchev–Trinajstić information content (AvgIpc) is 4.00. The summed E-state index contributed by atoms with van der Waals surface area (Å²) in [6.45, 7) is 0. The van der Waals surface area contributed by atoms with Crippen LogP contribution < -0.4 is 25.6 Å². The minimum atomic E-state index is -2.56. The Morgan fingerprint density at radius 2 is 0.600 bits per heavy atom. The van der Waals surface area contributed by atoms with Crippen LogP contribution in [0.5, 0.6) is 0 Å². The third-order valence-corrected chi connectivity index (χ3v) is 21.0. The highest BCUT2D eigenvalue weighted by Gasteiger charge is 2.49. The lowest BCUT2D eigenvalue weighted by atomic mass is 9.67. The number of benzene rings is 12. The van der Waals surface area contributed by atoms with Crippen molar-refractivity contribution in [2.75, 3.05) is 4.90 Å². The van der Waals surface area contributed by atoms with Gasteiger partial charge in [-0.1, -0.05) is 261 Å². The summed E-state index contributed by atoms with van der Waals surface area (Å²) in [7, 11) is -2.56. The van der Waals surface area contributed by atoms with Crippen LogP contribution in [-0.2, 0) is 5.41 Å². The van der Waals surface area contributed by atoms with Gasteiger partial charge in [-0.15, -0.1) is 0 Å². The smallest absolute Gasteiger partial charge is 0.180 e. The predicted octanol–water partition coefficient (Wildman–Crippen LogP) is 15.9. The van der Waals surface area contributed by atoms with Gasteiger partial charge in [-0.2, -0.15) is 0 Å². The van der Waals surface area contributed by atoms with Gasteiger partial charge in [0.15, 0.2) is 8.07 Å². The lowest BCUT2D eigenvalue weighted by molar-refractivity contribution is 0.768. The Morgan fingerprint density at radius 3 is 1.13 bits per heavy atom. The number of fused-ring (bicyclic) bond motifs is 6. The van der Waals surface area contributed by atoms with E-state index in [9.17, 15) is 0 Å². The zero-order valence-corrected chi connectivity index (χ0v) is 42.4. The molecular formula is C73H51NSi. The molecule has 0 atom stereocenters. The van der Waals surface area contributed by atoms with Crippen molar-refractivity contribution in [2.24, 2.45) is 0 Å². The maximum atomic E-state index is 2.45. The van der Waals surface area contributed by atoms with E-state index < -0.39 is 13.5 Å². The van der Waals surface area contributed by atoms with Crippen molar-refractivity contribution in [3.8, 4) is 55.6 Å². The molecule has 0 unspecified atom stereocenters. The molecule has 14 rings (SSSR count). The molecule has 0 bridgehead atoms. The van der Waals surface area contributed by atoms with Gasteiger partial charge < -0.3 is 4.90 Å². The van der Waals surface area contributed by atoms with Crippen molar-refractivity contribution in [3.05, 3.63) is 332 Å². The second-order valence-corrected chi connectivity index (χ2v) is 23.7. The summed E-state index contributed by atoms with van der Waals surface area (Å²) in [4.78, 5) is 2.38. The molecule has 0 radical (unpaired) electrons. The summed E-state index contributed by atoms with van der Waals surface area (Å²) in [5.41, 5.74) is 20.5. The maximum absolute atomic E-state index is 2.56. The molecule has 0 fully saturated rings. The molecule has 0 spiro atoms. The number of hydrogen-bond acceptors (Lipinski definition) is 1. The summed E-state index contributed by atoms with van der Waals surface area (Å²) in [6, 6.07) is 115. The molecule has 1 aliphatic carbocycles. The number of nitrogens with zero attached hydrogens (tertiary/aromatic N) is 1.